The van der Waals surface area contributed by atoms with Gasteiger partial charge in [-0.05, 0) is 42.7 Å². The highest BCUT2D eigenvalue weighted by atomic mass is 35.5. The van der Waals surface area contributed by atoms with Gasteiger partial charge in [-0.15, -0.1) is 0 Å². The first-order valence-electron chi connectivity index (χ1n) is 9.47. The van der Waals surface area contributed by atoms with Crippen molar-refractivity contribution in [2.75, 3.05) is 11.9 Å². The number of carbonyl (C=O) groups excluding carboxylic acids is 4. The first-order valence-corrected chi connectivity index (χ1v) is 9.84. The van der Waals surface area contributed by atoms with Crippen molar-refractivity contribution < 1.29 is 23.9 Å². The molecule has 30 heavy (non-hydrogen) atoms. The standard InChI is InChI=1S/C22H21ClN2O5/c1-13(2)10-18(25-20(27)16-8-3-4-9-17(16)21(25)28)22(29)30-12-19(26)24-15-7-5-6-14(23)11-15/h3-9,11,13,18H,10,12H2,1-2H3,(H,24,26)/t18-/m0/s1. The molecule has 0 spiro atoms. The lowest BCUT2D eigenvalue weighted by Crippen LogP contribution is -2.46. The number of halogens is 1. The van der Waals surface area contributed by atoms with E-state index in [1.807, 2.05) is 13.8 Å². The van der Waals surface area contributed by atoms with Crippen LogP contribution in [0, 0.1) is 5.92 Å². The molecule has 0 fully saturated rings. The molecule has 1 aliphatic rings. The maximum Gasteiger partial charge on any atom is 0.329 e. The smallest absolute Gasteiger partial charge is 0.329 e. The molecule has 2 aromatic carbocycles. The van der Waals surface area contributed by atoms with E-state index in [1.54, 1.807) is 48.5 Å². The molecule has 0 bridgehead atoms. The van der Waals surface area contributed by atoms with E-state index >= 15 is 0 Å². The Morgan fingerprint density at radius 1 is 1.03 bits per heavy atom. The zero-order valence-corrected chi connectivity index (χ0v) is 17.3. The summed E-state index contributed by atoms with van der Waals surface area (Å²) in [4.78, 5) is 51.3. The van der Waals surface area contributed by atoms with Crippen molar-refractivity contribution in [2.45, 2.75) is 26.3 Å². The zero-order valence-electron chi connectivity index (χ0n) is 16.6. The third kappa shape index (κ3) is 4.68. The number of nitrogens with zero attached hydrogens (tertiary/aromatic N) is 1. The van der Waals surface area contributed by atoms with Gasteiger partial charge in [-0.3, -0.25) is 19.3 Å². The molecular weight excluding hydrogens is 408 g/mol. The fourth-order valence-corrected chi connectivity index (χ4v) is 3.43. The number of hydrogen-bond acceptors (Lipinski definition) is 5. The van der Waals surface area contributed by atoms with E-state index in [-0.39, 0.29) is 23.5 Å². The number of benzene rings is 2. The quantitative estimate of drug-likeness (QED) is 0.538. The highest BCUT2D eigenvalue weighted by molar-refractivity contribution is 6.30. The fraction of sp³-hybridized carbons (Fsp3) is 0.273. The molecule has 0 aliphatic carbocycles. The van der Waals surface area contributed by atoms with Gasteiger partial charge in [0.05, 0.1) is 11.1 Å². The molecule has 1 N–H and O–H groups in total. The van der Waals surface area contributed by atoms with E-state index < -0.39 is 36.3 Å². The number of nitrogens with one attached hydrogen (secondary N) is 1. The predicted octanol–water partition coefficient (Wildman–Crippen LogP) is 3.53. The van der Waals surface area contributed by atoms with Crippen molar-refractivity contribution in [1.82, 2.24) is 4.90 Å². The molecule has 1 heterocycles. The van der Waals surface area contributed by atoms with Crippen molar-refractivity contribution in [3.05, 3.63) is 64.7 Å². The van der Waals surface area contributed by atoms with E-state index in [0.29, 0.717) is 10.7 Å². The number of ether oxygens (including phenoxy) is 1. The third-order valence-electron chi connectivity index (χ3n) is 4.56. The van der Waals surface area contributed by atoms with Crippen LogP contribution in [0.3, 0.4) is 0 Å². The summed E-state index contributed by atoms with van der Waals surface area (Å²) >= 11 is 5.88. The molecule has 0 aromatic heterocycles. The Bertz CT molecular complexity index is 970. The van der Waals surface area contributed by atoms with Crippen LogP contribution < -0.4 is 5.32 Å². The van der Waals surface area contributed by atoms with Crippen LogP contribution >= 0.6 is 11.6 Å². The second-order valence-corrected chi connectivity index (χ2v) is 7.77. The van der Waals surface area contributed by atoms with Gasteiger partial charge in [0.2, 0.25) is 0 Å². The average Bonchev–Trinajstić information content (AvgIpc) is 2.95. The van der Waals surface area contributed by atoms with Crippen molar-refractivity contribution in [1.29, 1.82) is 0 Å². The Kier molecular flexibility index (Phi) is 6.52. The number of carbonyl (C=O) groups is 4. The number of anilines is 1. The SMILES string of the molecule is CC(C)C[C@@H](C(=O)OCC(=O)Nc1cccc(Cl)c1)N1C(=O)c2ccccc2C1=O. The normalized spacial score (nSPS) is 13.9. The van der Waals surface area contributed by atoms with E-state index in [2.05, 4.69) is 5.32 Å². The van der Waals surface area contributed by atoms with Crippen LogP contribution in [0.4, 0.5) is 5.69 Å². The molecule has 1 atom stereocenters. The lowest BCUT2D eigenvalue weighted by atomic mass is 10.0. The summed E-state index contributed by atoms with van der Waals surface area (Å²) < 4.78 is 5.15. The van der Waals surface area contributed by atoms with Crippen LogP contribution in [0.2, 0.25) is 5.02 Å². The Morgan fingerprint density at radius 2 is 1.67 bits per heavy atom. The van der Waals surface area contributed by atoms with Crippen molar-refractivity contribution in [2.24, 2.45) is 5.92 Å². The number of amides is 3. The summed E-state index contributed by atoms with van der Waals surface area (Å²) in [5.74, 6) is -2.44. The number of esters is 1. The summed E-state index contributed by atoms with van der Waals surface area (Å²) in [6, 6.07) is 11.8. The maximum absolute atomic E-state index is 12.8. The van der Waals surface area contributed by atoms with Gasteiger partial charge in [-0.2, -0.15) is 0 Å². The number of hydrogen-bond donors (Lipinski definition) is 1. The summed E-state index contributed by atoms with van der Waals surface area (Å²) in [5.41, 5.74) is 0.966. The topological polar surface area (TPSA) is 92.8 Å². The maximum atomic E-state index is 12.8. The molecule has 2 aromatic rings. The van der Waals surface area contributed by atoms with Gasteiger partial charge in [-0.1, -0.05) is 43.6 Å². The molecule has 0 saturated heterocycles. The van der Waals surface area contributed by atoms with E-state index in [1.165, 1.54) is 0 Å². The summed E-state index contributed by atoms with van der Waals surface area (Å²) in [6.07, 6.45) is 0.222. The fourth-order valence-electron chi connectivity index (χ4n) is 3.24. The van der Waals surface area contributed by atoms with Gasteiger partial charge in [0.1, 0.15) is 6.04 Å². The molecular formula is C22H21ClN2O5. The van der Waals surface area contributed by atoms with Crippen LogP contribution in [0.15, 0.2) is 48.5 Å². The van der Waals surface area contributed by atoms with Gasteiger partial charge in [-0.25, -0.2) is 4.79 Å². The molecule has 0 radical (unpaired) electrons. The second-order valence-electron chi connectivity index (χ2n) is 7.34. The summed E-state index contributed by atoms with van der Waals surface area (Å²) in [7, 11) is 0. The van der Waals surface area contributed by atoms with Crippen LogP contribution in [-0.4, -0.2) is 41.2 Å². The Balaban J connectivity index is 1.70. The van der Waals surface area contributed by atoms with Gasteiger partial charge < -0.3 is 10.1 Å². The minimum atomic E-state index is -1.11. The molecule has 3 amide bonds. The van der Waals surface area contributed by atoms with Gasteiger partial charge >= 0.3 is 5.97 Å². The molecule has 3 rings (SSSR count). The second kappa shape index (κ2) is 9.09. The Labute approximate surface area is 179 Å². The number of rotatable bonds is 7. The van der Waals surface area contributed by atoms with Crippen LogP contribution in [0.25, 0.3) is 0 Å². The molecule has 0 saturated carbocycles. The highest BCUT2D eigenvalue weighted by Gasteiger charge is 2.43. The van der Waals surface area contributed by atoms with E-state index in [0.717, 1.165) is 4.90 Å². The first-order chi connectivity index (χ1) is 14.3. The predicted molar refractivity (Wildman–Crippen MR) is 111 cm³/mol. The minimum Gasteiger partial charge on any atom is -0.454 e. The van der Waals surface area contributed by atoms with E-state index in [9.17, 15) is 19.2 Å². The molecule has 156 valence electrons. The minimum absolute atomic E-state index is 0.00662. The first kappa shape index (κ1) is 21.5. The molecule has 8 heteroatoms. The summed E-state index contributed by atoms with van der Waals surface area (Å²) in [6.45, 7) is 3.18. The van der Waals surface area contributed by atoms with E-state index in [4.69, 9.17) is 16.3 Å². The molecule has 1 aliphatic heterocycles. The highest BCUT2D eigenvalue weighted by Crippen LogP contribution is 2.27. The lowest BCUT2D eigenvalue weighted by molar-refractivity contribution is -0.151. The Hall–Kier alpha value is -3.19. The summed E-state index contributed by atoms with van der Waals surface area (Å²) in [5, 5.41) is 3.02. The van der Waals surface area contributed by atoms with Gasteiger partial charge in [0.25, 0.3) is 17.7 Å². The Morgan fingerprint density at radius 3 is 2.23 bits per heavy atom. The molecule has 0 unspecified atom stereocenters. The van der Waals surface area contributed by atoms with Crippen molar-refractivity contribution in [3.8, 4) is 0 Å². The largest absolute Gasteiger partial charge is 0.454 e. The van der Waals surface area contributed by atoms with Crippen LogP contribution in [0.1, 0.15) is 41.0 Å². The number of imide groups is 1. The van der Waals surface area contributed by atoms with Crippen molar-refractivity contribution >= 4 is 41.0 Å². The monoisotopic (exact) mass is 428 g/mol. The lowest BCUT2D eigenvalue weighted by Gasteiger charge is -2.25. The third-order valence-corrected chi connectivity index (χ3v) is 4.79. The van der Waals surface area contributed by atoms with Crippen molar-refractivity contribution in [3.63, 3.8) is 0 Å². The molecule has 7 nitrogen and oxygen atoms in total. The van der Waals surface area contributed by atoms with Gasteiger partial charge in [0, 0.05) is 10.7 Å². The van der Waals surface area contributed by atoms with Crippen LogP contribution in [-0.2, 0) is 14.3 Å². The van der Waals surface area contributed by atoms with Crippen LogP contribution in [0.5, 0.6) is 0 Å². The average molecular weight is 429 g/mol. The zero-order chi connectivity index (χ0) is 21.8. The van der Waals surface area contributed by atoms with Gasteiger partial charge in [0.15, 0.2) is 6.61 Å². The number of fused-ring (bicyclic) bond motifs is 1.